The van der Waals surface area contributed by atoms with Crippen LogP contribution in [-0.4, -0.2) is 18.2 Å². The Bertz CT molecular complexity index is 717. The highest BCUT2D eigenvalue weighted by atomic mass is 79.9. The van der Waals surface area contributed by atoms with E-state index in [-0.39, 0.29) is 0 Å². The fourth-order valence-electron chi connectivity index (χ4n) is 1.61. The van der Waals surface area contributed by atoms with Crippen LogP contribution < -0.4 is 15.9 Å². The number of ether oxygens (including phenoxy) is 1. The molecule has 112 valence electrons. The zero-order valence-corrected chi connectivity index (χ0v) is 12.9. The minimum absolute atomic E-state index is 0.312. The first-order valence-electron chi connectivity index (χ1n) is 6.21. The standard InChI is InChI=1S/C15H12BrN3O3/c16-12-6-7-13(11(8-12)9-18-19-15(17)21)22-14(20)10-4-2-1-3-5-10/h1-9H,(H3,17,19,21). The van der Waals surface area contributed by atoms with Crippen molar-refractivity contribution in [2.24, 2.45) is 10.8 Å². The SMILES string of the molecule is NC(=O)NN=Cc1cc(Br)ccc1OC(=O)c1ccccc1. The highest BCUT2D eigenvalue weighted by Gasteiger charge is 2.11. The van der Waals surface area contributed by atoms with Gasteiger partial charge in [0.25, 0.3) is 0 Å². The molecule has 0 aliphatic heterocycles. The van der Waals surface area contributed by atoms with Crippen molar-refractivity contribution < 1.29 is 14.3 Å². The number of halogens is 1. The highest BCUT2D eigenvalue weighted by molar-refractivity contribution is 9.10. The van der Waals surface area contributed by atoms with Crippen LogP contribution in [0.1, 0.15) is 15.9 Å². The maximum absolute atomic E-state index is 12.1. The Morgan fingerprint density at radius 2 is 1.91 bits per heavy atom. The van der Waals surface area contributed by atoms with Crippen LogP contribution in [0.5, 0.6) is 5.75 Å². The smallest absolute Gasteiger partial charge is 0.343 e. The molecule has 0 radical (unpaired) electrons. The maximum atomic E-state index is 12.1. The number of benzene rings is 2. The first kappa shape index (κ1) is 15.7. The number of carbonyl (C=O) groups is 2. The van der Waals surface area contributed by atoms with Crippen LogP contribution in [0.3, 0.4) is 0 Å². The van der Waals surface area contributed by atoms with Crippen molar-refractivity contribution in [1.29, 1.82) is 0 Å². The molecule has 0 aliphatic carbocycles. The zero-order valence-electron chi connectivity index (χ0n) is 11.3. The molecule has 0 unspecified atom stereocenters. The topological polar surface area (TPSA) is 93.8 Å². The summed E-state index contributed by atoms with van der Waals surface area (Å²) in [6, 6.07) is 12.9. The van der Waals surface area contributed by atoms with Gasteiger partial charge in [-0.05, 0) is 30.3 Å². The Labute approximate surface area is 135 Å². The molecule has 3 N–H and O–H groups in total. The van der Waals surface area contributed by atoms with E-state index in [0.717, 1.165) is 4.47 Å². The summed E-state index contributed by atoms with van der Waals surface area (Å²) in [4.78, 5) is 22.7. The van der Waals surface area contributed by atoms with Crippen LogP contribution in [0.25, 0.3) is 0 Å². The Hall–Kier alpha value is -2.67. The molecule has 0 saturated carbocycles. The van der Waals surface area contributed by atoms with Gasteiger partial charge >= 0.3 is 12.0 Å². The van der Waals surface area contributed by atoms with Gasteiger partial charge in [-0.2, -0.15) is 5.10 Å². The predicted molar refractivity (Wildman–Crippen MR) is 85.9 cm³/mol. The lowest BCUT2D eigenvalue weighted by molar-refractivity contribution is 0.0734. The van der Waals surface area contributed by atoms with Gasteiger partial charge in [0.05, 0.1) is 11.8 Å². The van der Waals surface area contributed by atoms with Crippen LogP contribution >= 0.6 is 15.9 Å². The number of hydrogen-bond acceptors (Lipinski definition) is 4. The average molecular weight is 362 g/mol. The second kappa shape index (κ2) is 7.37. The number of carbonyl (C=O) groups excluding carboxylic acids is 2. The number of nitrogens with zero attached hydrogens (tertiary/aromatic N) is 1. The fraction of sp³-hybridized carbons (Fsp3) is 0. The minimum Gasteiger partial charge on any atom is -0.422 e. The van der Waals surface area contributed by atoms with Crippen molar-refractivity contribution in [2.45, 2.75) is 0 Å². The summed E-state index contributed by atoms with van der Waals surface area (Å²) >= 11 is 3.31. The lowest BCUT2D eigenvalue weighted by Crippen LogP contribution is -2.24. The predicted octanol–water partition coefficient (Wildman–Crippen LogP) is 2.67. The Balaban J connectivity index is 2.21. The first-order chi connectivity index (χ1) is 10.6. The molecule has 2 amide bonds. The number of hydrazone groups is 1. The van der Waals surface area contributed by atoms with Crippen LogP contribution in [0.15, 0.2) is 58.1 Å². The highest BCUT2D eigenvalue weighted by Crippen LogP contribution is 2.22. The number of hydrogen-bond donors (Lipinski definition) is 2. The van der Waals surface area contributed by atoms with Gasteiger partial charge in [-0.25, -0.2) is 15.0 Å². The first-order valence-corrected chi connectivity index (χ1v) is 7.01. The molecule has 0 aromatic heterocycles. The molecule has 0 spiro atoms. The van der Waals surface area contributed by atoms with Crippen molar-refractivity contribution in [3.63, 3.8) is 0 Å². The van der Waals surface area contributed by atoms with Crippen LogP contribution in [0.2, 0.25) is 0 Å². The average Bonchev–Trinajstić information content (AvgIpc) is 2.50. The monoisotopic (exact) mass is 361 g/mol. The summed E-state index contributed by atoms with van der Waals surface area (Å²) in [6.07, 6.45) is 1.34. The normalized spacial score (nSPS) is 10.4. The number of nitrogens with one attached hydrogen (secondary N) is 1. The van der Waals surface area contributed by atoms with E-state index in [1.807, 2.05) is 6.07 Å². The van der Waals surface area contributed by atoms with Crippen molar-refractivity contribution in [1.82, 2.24) is 5.43 Å². The molecule has 0 heterocycles. The van der Waals surface area contributed by atoms with Crippen LogP contribution in [0, 0.1) is 0 Å². The lowest BCUT2D eigenvalue weighted by atomic mass is 10.2. The number of amides is 2. The summed E-state index contributed by atoms with van der Waals surface area (Å²) in [6.45, 7) is 0. The van der Waals surface area contributed by atoms with E-state index >= 15 is 0 Å². The van der Waals surface area contributed by atoms with Crippen LogP contribution in [-0.2, 0) is 0 Å². The van der Waals surface area contributed by atoms with E-state index in [1.165, 1.54) is 6.21 Å². The van der Waals surface area contributed by atoms with Gasteiger partial charge in [-0.15, -0.1) is 0 Å². The largest absolute Gasteiger partial charge is 0.422 e. The Morgan fingerprint density at radius 3 is 2.59 bits per heavy atom. The molecule has 7 heteroatoms. The summed E-state index contributed by atoms with van der Waals surface area (Å²) in [5.41, 5.74) is 7.94. The van der Waals surface area contributed by atoms with Gasteiger partial charge in [0.15, 0.2) is 0 Å². The van der Waals surface area contributed by atoms with Crippen molar-refractivity contribution in [3.8, 4) is 5.75 Å². The Morgan fingerprint density at radius 1 is 1.18 bits per heavy atom. The molecule has 2 aromatic carbocycles. The van der Waals surface area contributed by atoms with Gasteiger partial charge in [0.1, 0.15) is 5.75 Å². The van der Waals surface area contributed by atoms with E-state index in [0.29, 0.717) is 16.9 Å². The number of nitrogens with two attached hydrogens (primary N) is 1. The van der Waals surface area contributed by atoms with Gasteiger partial charge in [0, 0.05) is 10.0 Å². The van der Waals surface area contributed by atoms with E-state index < -0.39 is 12.0 Å². The lowest BCUT2D eigenvalue weighted by Gasteiger charge is -2.08. The molecule has 0 aliphatic rings. The summed E-state index contributed by atoms with van der Waals surface area (Å²) < 4.78 is 6.12. The maximum Gasteiger partial charge on any atom is 0.343 e. The molecule has 6 nitrogen and oxygen atoms in total. The van der Waals surface area contributed by atoms with E-state index in [1.54, 1.807) is 42.5 Å². The third kappa shape index (κ3) is 4.42. The van der Waals surface area contributed by atoms with Crippen LogP contribution in [0.4, 0.5) is 4.79 Å². The van der Waals surface area contributed by atoms with Crippen molar-refractivity contribution >= 4 is 34.1 Å². The summed E-state index contributed by atoms with van der Waals surface area (Å²) in [7, 11) is 0. The molecular formula is C15H12BrN3O3. The fourth-order valence-corrected chi connectivity index (χ4v) is 1.99. The zero-order chi connectivity index (χ0) is 15.9. The molecule has 2 rings (SSSR count). The van der Waals surface area contributed by atoms with Gasteiger partial charge in [-0.3, -0.25) is 0 Å². The number of esters is 1. The quantitative estimate of drug-likeness (QED) is 0.379. The third-order valence-corrected chi connectivity index (χ3v) is 3.06. The van der Waals surface area contributed by atoms with Crippen molar-refractivity contribution in [2.75, 3.05) is 0 Å². The summed E-state index contributed by atoms with van der Waals surface area (Å²) in [5, 5.41) is 3.66. The molecular weight excluding hydrogens is 350 g/mol. The molecule has 2 aromatic rings. The number of rotatable bonds is 4. The van der Waals surface area contributed by atoms with Crippen molar-refractivity contribution in [3.05, 3.63) is 64.1 Å². The van der Waals surface area contributed by atoms with Gasteiger partial charge < -0.3 is 10.5 Å². The number of primary amides is 1. The molecule has 0 bridgehead atoms. The molecule has 0 saturated heterocycles. The third-order valence-electron chi connectivity index (χ3n) is 2.56. The van der Waals surface area contributed by atoms with E-state index in [2.05, 4.69) is 26.5 Å². The second-order valence-electron chi connectivity index (χ2n) is 4.17. The molecule has 0 atom stereocenters. The van der Waals surface area contributed by atoms with Gasteiger partial charge in [0.2, 0.25) is 0 Å². The van der Waals surface area contributed by atoms with E-state index in [9.17, 15) is 9.59 Å². The van der Waals surface area contributed by atoms with E-state index in [4.69, 9.17) is 10.5 Å². The molecule has 0 fully saturated rings. The minimum atomic E-state index is -0.783. The summed E-state index contributed by atoms with van der Waals surface area (Å²) in [5.74, 6) is -0.174. The Kier molecular flexibility index (Phi) is 5.26. The second-order valence-corrected chi connectivity index (χ2v) is 5.09. The number of urea groups is 1. The molecule has 22 heavy (non-hydrogen) atoms. The van der Waals surface area contributed by atoms with Gasteiger partial charge in [-0.1, -0.05) is 34.1 Å².